The first-order valence-corrected chi connectivity index (χ1v) is 7.92. The van der Waals surface area contributed by atoms with Gasteiger partial charge >= 0.3 is 0 Å². The maximum Gasteiger partial charge on any atom is 0.191 e. The molecule has 0 aromatic heterocycles. The lowest BCUT2D eigenvalue weighted by Gasteiger charge is -2.31. The van der Waals surface area contributed by atoms with E-state index in [1.165, 1.54) is 45.3 Å². The second kappa shape index (κ2) is 9.07. The second-order valence-electron chi connectivity index (χ2n) is 6.48. The smallest absolute Gasteiger partial charge is 0.191 e. The van der Waals surface area contributed by atoms with Crippen LogP contribution in [0.1, 0.15) is 39.5 Å². The maximum absolute atomic E-state index is 6.11. The molecule has 0 amide bonds. The Bertz CT molecular complexity index is 294. The van der Waals surface area contributed by atoms with Gasteiger partial charge in [0.15, 0.2) is 5.96 Å². The third kappa shape index (κ3) is 5.76. The minimum atomic E-state index is 0. The van der Waals surface area contributed by atoms with Crippen molar-refractivity contribution in [2.24, 2.45) is 22.6 Å². The Morgan fingerprint density at radius 2 is 1.80 bits per heavy atom. The largest absolute Gasteiger partial charge is 0.370 e. The molecule has 0 radical (unpaired) electrons. The van der Waals surface area contributed by atoms with Crippen molar-refractivity contribution in [2.45, 2.75) is 39.5 Å². The van der Waals surface area contributed by atoms with Gasteiger partial charge in [-0.3, -0.25) is 4.99 Å². The summed E-state index contributed by atoms with van der Waals surface area (Å²) in [4.78, 5) is 9.42. The normalized spacial score (nSPS) is 23.7. The standard InChI is InChI=1S/C15H30N4.HI/c1-13-5-9-19(10-6-13)15(16)17-11-14(2)12-18-7-3-4-8-18;/h13-14H,3-12H2,1-2H3,(H2,16,17);1H. The van der Waals surface area contributed by atoms with Crippen LogP contribution in [0.3, 0.4) is 0 Å². The quantitative estimate of drug-likeness (QED) is 0.453. The van der Waals surface area contributed by atoms with E-state index in [0.717, 1.165) is 31.5 Å². The van der Waals surface area contributed by atoms with Crippen LogP contribution < -0.4 is 5.73 Å². The van der Waals surface area contributed by atoms with Crippen LogP contribution in [0, 0.1) is 11.8 Å². The first-order chi connectivity index (χ1) is 9.15. The van der Waals surface area contributed by atoms with Crippen molar-refractivity contribution in [2.75, 3.05) is 39.3 Å². The first kappa shape index (κ1) is 18.0. The van der Waals surface area contributed by atoms with Crippen molar-refractivity contribution in [3.05, 3.63) is 0 Å². The van der Waals surface area contributed by atoms with Crippen molar-refractivity contribution < 1.29 is 0 Å². The summed E-state index contributed by atoms with van der Waals surface area (Å²) in [5.74, 6) is 2.22. The van der Waals surface area contributed by atoms with Gasteiger partial charge in [0.2, 0.25) is 0 Å². The van der Waals surface area contributed by atoms with Gasteiger partial charge in [-0.25, -0.2) is 0 Å². The molecule has 0 spiro atoms. The summed E-state index contributed by atoms with van der Waals surface area (Å²) in [6, 6.07) is 0. The predicted molar refractivity (Wildman–Crippen MR) is 96.7 cm³/mol. The molecule has 0 aromatic carbocycles. The van der Waals surface area contributed by atoms with Gasteiger partial charge in [-0.1, -0.05) is 13.8 Å². The third-order valence-corrected chi connectivity index (χ3v) is 4.44. The molecular weight excluding hydrogens is 363 g/mol. The molecule has 0 saturated carbocycles. The molecule has 118 valence electrons. The number of likely N-dealkylation sites (tertiary alicyclic amines) is 2. The number of nitrogens with zero attached hydrogens (tertiary/aromatic N) is 3. The topological polar surface area (TPSA) is 44.9 Å². The highest BCUT2D eigenvalue weighted by molar-refractivity contribution is 14.0. The molecule has 2 rings (SSSR count). The van der Waals surface area contributed by atoms with Crippen LogP contribution in [-0.4, -0.2) is 55.0 Å². The summed E-state index contributed by atoms with van der Waals surface area (Å²) in [6.07, 6.45) is 5.23. The molecule has 0 aromatic rings. The Morgan fingerprint density at radius 3 is 2.40 bits per heavy atom. The van der Waals surface area contributed by atoms with Gasteiger partial charge in [0.1, 0.15) is 0 Å². The van der Waals surface area contributed by atoms with E-state index >= 15 is 0 Å². The SMILES string of the molecule is CC1CCN(C(N)=NCC(C)CN2CCCC2)CC1.I. The van der Waals surface area contributed by atoms with Crippen molar-refractivity contribution in [3.63, 3.8) is 0 Å². The van der Waals surface area contributed by atoms with Crippen molar-refractivity contribution in [3.8, 4) is 0 Å². The Kier molecular flexibility index (Phi) is 8.17. The third-order valence-electron chi connectivity index (χ3n) is 4.44. The van der Waals surface area contributed by atoms with Crippen molar-refractivity contribution >= 4 is 29.9 Å². The van der Waals surface area contributed by atoms with Crippen LogP contribution >= 0.6 is 24.0 Å². The molecule has 1 unspecified atom stereocenters. The summed E-state index contributed by atoms with van der Waals surface area (Å²) in [5, 5.41) is 0. The minimum absolute atomic E-state index is 0. The van der Waals surface area contributed by atoms with Crippen LogP contribution in [0.2, 0.25) is 0 Å². The number of nitrogens with two attached hydrogens (primary N) is 1. The minimum Gasteiger partial charge on any atom is -0.370 e. The Labute approximate surface area is 141 Å². The fourth-order valence-electron chi connectivity index (χ4n) is 3.05. The molecule has 2 aliphatic rings. The van der Waals surface area contributed by atoms with Crippen molar-refractivity contribution in [1.82, 2.24) is 9.80 Å². The molecule has 5 heteroatoms. The number of aliphatic imine (C=N–C) groups is 1. The molecule has 2 N–H and O–H groups in total. The first-order valence-electron chi connectivity index (χ1n) is 7.92. The second-order valence-corrected chi connectivity index (χ2v) is 6.48. The number of piperidine rings is 1. The number of guanidine groups is 1. The Morgan fingerprint density at radius 1 is 1.20 bits per heavy atom. The highest BCUT2D eigenvalue weighted by Gasteiger charge is 2.18. The van der Waals surface area contributed by atoms with Crippen LogP contribution in [0.25, 0.3) is 0 Å². The number of rotatable bonds is 4. The zero-order valence-electron chi connectivity index (χ0n) is 13.1. The van der Waals surface area contributed by atoms with E-state index in [9.17, 15) is 0 Å². The van der Waals surface area contributed by atoms with Crippen molar-refractivity contribution in [1.29, 1.82) is 0 Å². The highest BCUT2D eigenvalue weighted by Crippen LogP contribution is 2.15. The molecule has 0 bridgehead atoms. The van der Waals surface area contributed by atoms with Gasteiger partial charge in [0, 0.05) is 26.2 Å². The van der Waals surface area contributed by atoms with E-state index in [-0.39, 0.29) is 24.0 Å². The van der Waals surface area contributed by atoms with E-state index in [1.54, 1.807) is 0 Å². The maximum atomic E-state index is 6.11. The van der Waals surface area contributed by atoms with Gasteiger partial charge in [0.05, 0.1) is 0 Å². The Hall–Kier alpha value is -0.0400. The van der Waals surface area contributed by atoms with Gasteiger partial charge in [-0.15, -0.1) is 24.0 Å². The summed E-state index contributed by atoms with van der Waals surface area (Å²) in [7, 11) is 0. The van der Waals surface area contributed by atoms with Gasteiger partial charge in [-0.05, 0) is 50.6 Å². The highest BCUT2D eigenvalue weighted by atomic mass is 127. The lowest BCUT2D eigenvalue weighted by atomic mass is 10.00. The molecule has 0 aliphatic carbocycles. The summed E-state index contributed by atoms with van der Waals surface area (Å²) >= 11 is 0. The fraction of sp³-hybridized carbons (Fsp3) is 0.933. The van der Waals surface area contributed by atoms with E-state index in [1.807, 2.05) is 0 Å². The van der Waals surface area contributed by atoms with Crippen LogP contribution in [-0.2, 0) is 0 Å². The summed E-state index contributed by atoms with van der Waals surface area (Å²) in [5.41, 5.74) is 6.11. The van der Waals surface area contributed by atoms with Crippen LogP contribution in [0.15, 0.2) is 4.99 Å². The molecule has 2 saturated heterocycles. The van der Waals surface area contributed by atoms with Crippen LogP contribution in [0.5, 0.6) is 0 Å². The molecule has 4 nitrogen and oxygen atoms in total. The van der Waals surface area contributed by atoms with E-state index in [4.69, 9.17) is 5.73 Å². The predicted octanol–water partition coefficient (Wildman–Crippen LogP) is 2.38. The number of hydrogen-bond acceptors (Lipinski definition) is 2. The van der Waals surface area contributed by atoms with Gasteiger partial charge < -0.3 is 15.5 Å². The van der Waals surface area contributed by atoms with E-state index in [0.29, 0.717) is 5.92 Å². The molecule has 2 aliphatic heterocycles. The van der Waals surface area contributed by atoms with Gasteiger partial charge in [0.25, 0.3) is 0 Å². The summed E-state index contributed by atoms with van der Waals surface area (Å²) in [6.45, 7) is 11.4. The van der Waals surface area contributed by atoms with Crippen LogP contribution in [0.4, 0.5) is 0 Å². The average Bonchev–Trinajstić information content (AvgIpc) is 2.89. The van der Waals surface area contributed by atoms with Gasteiger partial charge in [-0.2, -0.15) is 0 Å². The Balaban J connectivity index is 0.00000200. The lowest BCUT2D eigenvalue weighted by molar-refractivity contribution is 0.274. The monoisotopic (exact) mass is 394 g/mol. The molecule has 2 fully saturated rings. The van der Waals surface area contributed by atoms with E-state index in [2.05, 4.69) is 28.6 Å². The molecule has 2 heterocycles. The summed E-state index contributed by atoms with van der Waals surface area (Å²) < 4.78 is 0. The zero-order valence-corrected chi connectivity index (χ0v) is 15.4. The zero-order chi connectivity index (χ0) is 13.7. The number of halogens is 1. The molecule has 1 atom stereocenters. The molecule has 20 heavy (non-hydrogen) atoms. The van der Waals surface area contributed by atoms with E-state index < -0.39 is 0 Å². The lowest BCUT2D eigenvalue weighted by Crippen LogP contribution is -2.42. The number of hydrogen-bond donors (Lipinski definition) is 1. The average molecular weight is 394 g/mol. The fourth-order valence-corrected chi connectivity index (χ4v) is 3.05. The molecular formula is C15H31IN4.